The van der Waals surface area contributed by atoms with Gasteiger partial charge in [-0.15, -0.1) is 17.9 Å². The fourth-order valence-corrected chi connectivity index (χ4v) is 4.32. The van der Waals surface area contributed by atoms with E-state index in [1.807, 2.05) is 5.38 Å². The lowest BCUT2D eigenvalue weighted by Crippen LogP contribution is -2.74. The van der Waals surface area contributed by atoms with Gasteiger partial charge < -0.3 is 15.3 Å². The van der Waals surface area contributed by atoms with Crippen LogP contribution in [-0.4, -0.2) is 49.5 Å². The van der Waals surface area contributed by atoms with E-state index >= 15 is 0 Å². The summed E-state index contributed by atoms with van der Waals surface area (Å²) in [7, 11) is 3.52. The molecule has 2 rings (SSSR count). The number of amides is 2. The number of rotatable bonds is 7. The Balaban J connectivity index is 2.09. The van der Waals surface area contributed by atoms with Gasteiger partial charge in [-0.05, 0) is 22.1 Å². The van der Waals surface area contributed by atoms with Crippen LogP contribution in [0.1, 0.15) is 4.88 Å². The molecule has 124 valence electrons. The molecule has 0 radical (unpaired) electrons. The highest BCUT2D eigenvalue weighted by Crippen LogP contribution is 2.28. The fraction of sp³-hybridized carbons (Fsp3) is 0.308. The van der Waals surface area contributed by atoms with E-state index in [9.17, 15) is 18.6 Å². The average molecular weight is 377 g/mol. The highest BCUT2D eigenvalue weighted by Gasteiger charge is 2.55. The summed E-state index contributed by atoms with van der Waals surface area (Å²) in [5.74, 6) is -2.40. The van der Waals surface area contributed by atoms with Crippen molar-refractivity contribution in [2.75, 3.05) is 0 Å². The van der Waals surface area contributed by atoms with Crippen LogP contribution in [-0.2, 0) is 30.8 Å². The Hall–Kier alpha value is -1.71. The van der Waals surface area contributed by atoms with Gasteiger partial charge in [-0.3, -0.25) is 9.59 Å². The Bertz CT molecular complexity index is 663. The minimum absolute atomic E-state index is 0.0763. The van der Waals surface area contributed by atoms with Crippen molar-refractivity contribution in [2.24, 2.45) is 0 Å². The smallest absolute Gasteiger partial charge is 0.330 e. The summed E-state index contributed by atoms with van der Waals surface area (Å²) in [6.45, 7) is 3.35. The minimum atomic E-state index is -2.04. The van der Waals surface area contributed by atoms with E-state index < -0.39 is 45.3 Å². The predicted octanol–water partition coefficient (Wildman–Crippen LogP) is 0.485. The molecule has 0 bridgehead atoms. The van der Waals surface area contributed by atoms with Crippen molar-refractivity contribution in [3.63, 3.8) is 0 Å². The second kappa shape index (κ2) is 7.24. The van der Waals surface area contributed by atoms with Crippen LogP contribution in [0.5, 0.6) is 0 Å². The van der Waals surface area contributed by atoms with Gasteiger partial charge >= 0.3 is 5.97 Å². The number of hydrogen-bond acceptors (Lipinski definition) is 5. The van der Waals surface area contributed by atoms with Gasteiger partial charge in [0.15, 0.2) is 5.37 Å². The second-order valence-corrected chi connectivity index (χ2v) is 7.63. The number of likely N-dealkylation sites (tertiary alicyclic amines) is 1. The van der Waals surface area contributed by atoms with E-state index in [0.29, 0.717) is 0 Å². The summed E-state index contributed by atoms with van der Waals surface area (Å²) in [4.78, 5) is 36.9. The van der Waals surface area contributed by atoms with E-state index in [-0.39, 0.29) is 6.42 Å². The molecule has 0 aromatic carbocycles. The van der Waals surface area contributed by atoms with E-state index in [0.717, 1.165) is 15.9 Å². The lowest BCUT2D eigenvalue weighted by atomic mass is 10.0. The molecule has 7 nitrogen and oxygen atoms in total. The summed E-state index contributed by atoms with van der Waals surface area (Å²) in [5.41, 5.74) is 0. The lowest BCUT2D eigenvalue weighted by molar-refractivity contribution is -0.159. The molecular weight excluding hydrogens is 364 g/mol. The predicted molar refractivity (Wildman–Crippen MR) is 86.2 cm³/mol. The number of nitrogens with one attached hydrogen (secondary N) is 1. The second-order valence-electron chi connectivity index (χ2n) is 4.70. The number of thiophene rings is 1. The van der Waals surface area contributed by atoms with E-state index in [4.69, 9.17) is 15.8 Å². The highest BCUT2D eigenvalue weighted by atomic mass is 35.7. The van der Waals surface area contributed by atoms with Gasteiger partial charge in [-0.2, -0.15) is 0 Å². The average Bonchev–Trinajstić information content (AvgIpc) is 2.97. The van der Waals surface area contributed by atoms with Gasteiger partial charge in [0.25, 0.3) is 0 Å². The van der Waals surface area contributed by atoms with Gasteiger partial charge in [-0.1, -0.05) is 12.1 Å². The van der Waals surface area contributed by atoms with Crippen LogP contribution >= 0.6 is 22.0 Å². The molecule has 4 atom stereocenters. The number of carboxylic acid groups (broad SMARTS) is 1. The third-order valence-corrected chi connectivity index (χ3v) is 5.58. The van der Waals surface area contributed by atoms with Crippen LogP contribution in [0.2, 0.25) is 0 Å². The van der Waals surface area contributed by atoms with E-state index in [1.54, 1.807) is 12.1 Å². The maximum atomic E-state index is 12.1. The number of carboxylic acids is 1. The zero-order valence-electron chi connectivity index (χ0n) is 11.7. The van der Waals surface area contributed by atoms with Gasteiger partial charge in [0.2, 0.25) is 11.8 Å². The molecule has 2 heterocycles. The van der Waals surface area contributed by atoms with Crippen LogP contribution in [0, 0.1) is 0 Å². The number of nitrogens with zero attached hydrogens (tertiary/aromatic N) is 1. The standard InChI is InChI=1S/C13H13ClN2O5S2/c1-2-8(13(19)20)16-11(18)10(12(16)23(14)21)15-9(17)6-7-4-3-5-22-7/h2-5,8,10,12H,1,6H2,(H,15,17)(H,19,20). The Kier molecular flexibility index (Phi) is 5.55. The van der Waals surface area contributed by atoms with Crippen LogP contribution < -0.4 is 5.32 Å². The van der Waals surface area contributed by atoms with Gasteiger partial charge in [-0.25, -0.2) is 9.00 Å². The topological polar surface area (TPSA) is 104 Å². The molecule has 1 aromatic heterocycles. The zero-order chi connectivity index (χ0) is 17.1. The van der Waals surface area contributed by atoms with Crippen molar-refractivity contribution in [3.05, 3.63) is 35.0 Å². The van der Waals surface area contributed by atoms with Gasteiger partial charge in [0.05, 0.1) is 6.42 Å². The Morgan fingerprint density at radius 2 is 2.30 bits per heavy atom. The fourth-order valence-electron chi connectivity index (χ4n) is 2.24. The van der Waals surface area contributed by atoms with Crippen molar-refractivity contribution < 1.29 is 23.7 Å². The maximum Gasteiger partial charge on any atom is 0.330 e. The summed E-state index contributed by atoms with van der Waals surface area (Å²) in [6.07, 6.45) is 1.12. The quantitative estimate of drug-likeness (QED) is 0.409. The van der Waals surface area contributed by atoms with Crippen molar-refractivity contribution in [1.29, 1.82) is 0 Å². The van der Waals surface area contributed by atoms with E-state index in [1.165, 1.54) is 11.3 Å². The first kappa shape index (κ1) is 17.6. The first-order valence-electron chi connectivity index (χ1n) is 6.43. The van der Waals surface area contributed by atoms with Crippen LogP contribution in [0.25, 0.3) is 0 Å². The third kappa shape index (κ3) is 3.62. The molecule has 0 saturated carbocycles. The van der Waals surface area contributed by atoms with Crippen molar-refractivity contribution in [1.82, 2.24) is 10.2 Å². The largest absolute Gasteiger partial charge is 0.479 e. The molecule has 10 heteroatoms. The summed E-state index contributed by atoms with van der Waals surface area (Å²) < 4.78 is 11.6. The molecule has 0 aliphatic carbocycles. The number of halogens is 1. The molecule has 2 N–H and O–H groups in total. The number of carbonyl (C=O) groups excluding carboxylic acids is 2. The SMILES string of the molecule is C=CC(C(=O)O)N1C(=O)C(NC(=O)Cc2cccs2)C1S(=O)Cl. The monoisotopic (exact) mass is 376 g/mol. The normalized spacial score (nSPS) is 22.8. The molecule has 4 unspecified atom stereocenters. The Morgan fingerprint density at radius 1 is 1.61 bits per heavy atom. The molecule has 2 amide bonds. The molecule has 1 fully saturated rings. The molecule has 1 aliphatic rings. The highest BCUT2D eigenvalue weighted by molar-refractivity contribution is 8.08. The van der Waals surface area contributed by atoms with Gasteiger partial charge in [0, 0.05) is 4.88 Å². The molecule has 23 heavy (non-hydrogen) atoms. The van der Waals surface area contributed by atoms with Crippen molar-refractivity contribution >= 4 is 49.8 Å². The van der Waals surface area contributed by atoms with Crippen molar-refractivity contribution in [2.45, 2.75) is 23.9 Å². The summed E-state index contributed by atoms with van der Waals surface area (Å²) in [5, 5.41) is 12.2. The summed E-state index contributed by atoms with van der Waals surface area (Å²) >= 11 is 1.39. The van der Waals surface area contributed by atoms with Crippen LogP contribution in [0.4, 0.5) is 0 Å². The minimum Gasteiger partial charge on any atom is -0.479 e. The van der Waals surface area contributed by atoms with E-state index in [2.05, 4.69) is 11.9 Å². The number of carbonyl (C=O) groups is 3. The summed E-state index contributed by atoms with van der Waals surface area (Å²) in [6, 6.07) is 1.11. The maximum absolute atomic E-state index is 12.1. The van der Waals surface area contributed by atoms with Crippen molar-refractivity contribution in [3.8, 4) is 0 Å². The molecule has 0 spiro atoms. The first-order valence-corrected chi connectivity index (χ1v) is 9.34. The Labute approximate surface area is 142 Å². The Morgan fingerprint density at radius 3 is 2.78 bits per heavy atom. The lowest BCUT2D eigenvalue weighted by Gasteiger charge is -2.46. The first-order chi connectivity index (χ1) is 10.9. The number of β-lactam (4-membered cyclic amide) rings is 1. The number of hydrogen-bond donors (Lipinski definition) is 2. The third-order valence-electron chi connectivity index (χ3n) is 3.28. The van der Waals surface area contributed by atoms with Crippen LogP contribution in [0.3, 0.4) is 0 Å². The molecular formula is C13H13ClN2O5S2. The number of aliphatic carboxylic acids is 1. The molecule has 1 aliphatic heterocycles. The van der Waals surface area contributed by atoms with Gasteiger partial charge in [0.1, 0.15) is 22.1 Å². The molecule has 1 aromatic rings. The molecule has 1 saturated heterocycles. The van der Waals surface area contributed by atoms with Crippen LogP contribution in [0.15, 0.2) is 30.2 Å². The zero-order valence-corrected chi connectivity index (χ0v) is 14.1.